The van der Waals surface area contributed by atoms with Gasteiger partial charge < -0.3 is 29.5 Å². The van der Waals surface area contributed by atoms with Crippen LogP contribution in [0.1, 0.15) is 58.6 Å². The van der Waals surface area contributed by atoms with Gasteiger partial charge in [0.15, 0.2) is 6.10 Å². The summed E-state index contributed by atoms with van der Waals surface area (Å²) in [4.78, 5) is 33.9. The Kier molecular flexibility index (Phi) is 11.5. The Labute approximate surface area is 238 Å². The summed E-state index contributed by atoms with van der Waals surface area (Å²) in [6.45, 7) is 10.1. The van der Waals surface area contributed by atoms with Gasteiger partial charge in [0.05, 0.1) is 12.5 Å². The number of hydrogen-bond donors (Lipinski definition) is 2. The topological polar surface area (TPSA) is 112 Å². The molecule has 9 nitrogen and oxygen atoms in total. The SMILES string of the molecule is C/C(=C\C=C\[C@@H](C)c1ccccn1)[C@H]1OC(=O)C[C@H](O)CC[C@@](C)(O)[C@@H](OC(=O)N2CCN(C)CC2)/C=C\[C@@H]1C. The lowest BCUT2D eigenvalue weighted by atomic mass is 9.88. The van der Waals surface area contributed by atoms with Crippen molar-refractivity contribution < 1.29 is 29.3 Å². The molecule has 0 saturated carbocycles. The number of pyridine rings is 1. The van der Waals surface area contributed by atoms with Crippen LogP contribution in [0.5, 0.6) is 0 Å². The van der Waals surface area contributed by atoms with Crippen LogP contribution in [0.4, 0.5) is 4.79 Å². The number of ether oxygens (including phenoxy) is 2. The van der Waals surface area contributed by atoms with E-state index in [0.717, 1.165) is 24.4 Å². The van der Waals surface area contributed by atoms with Gasteiger partial charge in [0.25, 0.3) is 0 Å². The molecule has 2 N–H and O–H groups in total. The molecule has 0 radical (unpaired) electrons. The largest absolute Gasteiger partial charge is 0.457 e. The molecular weight excluding hydrogens is 510 g/mol. The first-order valence-corrected chi connectivity index (χ1v) is 14.1. The first-order valence-electron chi connectivity index (χ1n) is 14.1. The number of hydrogen-bond acceptors (Lipinski definition) is 8. The van der Waals surface area contributed by atoms with Gasteiger partial charge in [-0.25, -0.2) is 4.79 Å². The van der Waals surface area contributed by atoms with Gasteiger partial charge >= 0.3 is 12.1 Å². The first-order chi connectivity index (χ1) is 19.0. The van der Waals surface area contributed by atoms with Crippen LogP contribution in [0, 0.1) is 5.92 Å². The summed E-state index contributed by atoms with van der Waals surface area (Å²) in [7, 11) is 2.01. The Hall–Kier alpha value is -3.01. The normalized spacial score (nSPS) is 31.1. The van der Waals surface area contributed by atoms with E-state index in [-0.39, 0.29) is 31.1 Å². The van der Waals surface area contributed by atoms with Gasteiger partial charge in [-0.3, -0.25) is 9.78 Å². The minimum absolute atomic E-state index is 0.106. The summed E-state index contributed by atoms with van der Waals surface area (Å²) < 4.78 is 11.7. The molecule has 1 fully saturated rings. The summed E-state index contributed by atoms with van der Waals surface area (Å²) in [5, 5.41) is 21.8. The Morgan fingerprint density at radius 1 is 1.25 bits per heavy atom. The standard InChI is InChI=1S/C31H45N3O6/c1-22(26-11-6-7-16-32-26)9-8-10-23(2)29-24(3)12-13-27(39-30(37)34-19-17-33(5)18-20-34)31(4,38)15-14-25(35)21-28(36)40-29/h6-13,16,22,24-25,27,29,35,38H,14-15,17-21H2,1-5H3/b9-8+,13-12-,23-10+/t22-,24+,25-,27+,29-,31-/m1/s1. The van der Waals surface area contributed by atoms with E-state index in [2.05, 4.69) is 16.8 Å². The molecule has 1 aromatic heterocycles. The van der Waals surface area contributed by atoms with E-state index in [1.165, 1.54) is 0 Å². The highest BCUT2D eigenvalue weighted by atomic mass is 16.6. The maximum Gasteiger partial charge on any atom is 0.410 e. The summed E-state index contributed by atoms with van der Waals surface area (Å²) in [5.41, 5.74) is 0.337. The third kappa shape index (κ3) is 9.28. The number of cyclic esters (lactones) is 1. The van der Waals surface area contributed by atoms with Crippen LogP contribution >= 0.6 is 0 Å². The van der Waals surface area contributed by atoms with Gasteiger partial charge in [-0.2, -0.15) is 0 Å². The van der Waals surface area contributed by atoms with Crippen molar-refractivity contribution >= 4 is 12.1 Å². The van der Waals surface area contributed by atoms with Crippen LogP contribution in [0.3, 0.4) is 0 Å². The third-order valence-electron chi connectivity index (χ3n) is 7.68. The fraction of sp³-hybridized carbons (Fsp3) is 0.581. The second-order valence-electron chi connectivity index (χ2n) is 11.3. The molecule has 0 unspecified atom stereocenters. The summed E-state index contributed by atoms with van der Waals surface area (Å²) >= 11 is 0. The molecule has 1 saturated heterocycles. The van der Waals surface area contributed by atoms with E-state index < -0.39 is 36.0 Å². The van der Waals surface area contributed by atoms with Crippen molar-refractivity contribution in [1.82, 2.24) is 14.8 Å². The fourth-order valence-corrected chi connectivity index (χ4v) is 4.84. The minimum Gasteiger partial charge on any atom is -0.457 e. The third-order valence-corrected chi connectivity index (χ3v) is 7.68. The number of carbonyl (C=O) groups excluding carboxylic acids is 2. The number of carbonyl (C=O) groups is 2. The Bertz CT molecular complexity index is 1060. The molecule has 2 aliphatic rings. The van der Waals surface area contributed by atoms with Gasteiger partial charge in [0.1, 0.15) is 11.7 Å². The van der Waals surface area contributed by atoms with Gasteiger partial charge in [0, 0.05) is 49.9 Å². The van der Waals surface area contributed by atoms with Crippen molar-refractivity contribution in [3.05, 3.63) is 66.0 Å². The second kappa shape index (κ2) is 14.6. The number of piperazine rings is 1. The second-order valence-corrected chi connectivity index (χ2v) is 11.3. The monoisotopic (exact) mass is 555 g/mol. The van der Waals surface area contributed by atoms with Crippen molar-refractivity contribution in [3.63, 3.8) is 0 Å². The number of esters is 1. The van der Waals surface area contributed by atoms with Gasteiger partial charge in [-0.15, -0.1) is 0 Å². The van der Waals surface area contributed by atoms with Crippen molar-refractivity contribution in [2.24, 2.45) is 5.92 Å². The Balaban J connectivity index is 1.81. The molecule has 0 aromatic carbocycles. The van der Waals surface area contributed by atoms with Gasteiger partial charge in [-0.1, -0.05) is 44.2 Å². The van der Waals surface area contributed by atoms with E-state index in [9.17, 15) is 19.8 Å². The summed E-state index contributed by atoms with van der Waals surface area (Å²) in [6.07, 6.45) is 8.23. The number of rotatable bonds is 5. The van der Waals surface area contributed by atoms with Crippen LogP contribution in [0.25, 0.3) is 0 Å². The van der Waals surface area contributed by atoms with Gasteiger partial charge in [0.2, 0.25) is 0 Å². The molecule has 3 rings (SSSR count). The molecule has 6 atom stereocenters. The average molecular weight is 556 g/mol. The molecule has 2 aliphatic heterocycles. The Morgan fingerprint density at radius 2 is 1.98 bits per heavy atom. The predicted octanol–water partition coefficient (Wildman–Crippen LogP) is 3.84. The zero-order valence-corrected chi connectivity index (χ0v) is 24.4. The zero-order chi connectivity index (χ0) is 29.3. The molecular formula is C31H45N3O6. The number of allylic oxidation sites excluding steroid dienone is 3. The van der Waals surface area contributed by atoms with E-state index in [0.29, 0.717) is 13.1 Å². The number of aromatic nitrogens is 1. The molecule has 0 spiro atoms. The van der Waals surface area contributed by atoms with Crippen LogP contribution in [0.15, 0.2) is 60.3 Å². The zero-order valence-electron chi connectivity index (χ0n) is 24.4. The van der Waals surface area contributed by atoms with E-state index in [4.69, 9.17) is 9.47 Å². The number of amides is 1. The smallest absolute Gasteiger partial charge is 0.410 e. The molecule has 40 heavy (non-hydrogen) atoms. The number of aliphatic hydroxyl groups is 2. The van der Waals surface area contributed by atoms with Crippen molar-refractivity contribution in [3.8, 4) is 0 Å². The molecule has 1 aromatic rings. The highest BCUT2D eigenvalue weighted by Crippen LogP contribution is 2.27. The molecule has 9 heteroatoms. The van der Waals surface area contributed by atoms with Gasteiger partial charge in [-0.05, 0) is 57.5 Å². The quantitative estimate of drug-likeness (QED) is 0.320. The lowest BCUT2D eigenvalue weighted by Crippen LogP contribution is -2.50. The van der Waals surface area contributed by atoms with Crippen molar-refractivity contribution in [1.29, 1.82) is 0 Å². The van der Waals surface area contributed by atoms with Crippen LogP contribution in [-0.2, 0) is 14.3 Å². The van der Waals surface area contributed by atoms with E-state index in [1.54, 1.807) is 24.1 Å². The first kappa shape index (κ1) is 31.5. The van der Waals surface area contributed by atoms with E-state index in [1.807, 2.05) is 63.4 Å². The van der Waals surface area contributed by atoms with Crippen LogP contribution in [-0.4, -0.2) is 94.2 Å². The number of likely N-dealkylation sites (N-methyl/N-ethyl adjacent to an activating group) is 1. The number of nitrogens with zero attached hydrogens (tertiary/aromatic N) is 3. The molecule has 0 aliphatic carbocycles. The minimum atomic E-state index is -1.44. The molecule has 220 valence electrons. The Morgan fingerprint density at radius 3 is 2.65 bits per heavy atom. The van der Waals surface area contributed by atoms with Crippen LogP contribution < -0.4 is 0 Å². The molecule has 1 amide bonds. The lowest BCUT2D eigenvalue weighted by molar-refractivity contribution is -0.151. The maximum atomic E-state index is 13.0. The van der Waals surface area contributed by atoms with Crippen molar-refractivity contribution in [2.45, 2.75) is 76.8 Å². The van der Waals surface area contributed by atoms with Crippen molar-refractivity contribution in [2.75, 3.05) is 33.2 Å². The maximum absolute atomic E-state index is 13.0. The predicted molar refractivity (Wildman–Crippen MR) is 154 cm³/mol. The highest BCUT2D eigenvalue weighted by Gasteiger charge is 2.36. The molecule has 3 heterocycles. The summed E-state index contributed by atoms with van der Waals surface area (Å²) in [5.74, 6) is -0.692. The highest BCUT2D eigenvalue weighted by molar-refractivity contribution is 5.70. The van der Waals surface area contributed by atoms with Crippen LogP contribution in [0.2, 0.25) is 0 Å². The van der Waals surface area contributed by atoms with E-state index >= 15 is 0 Å². The average Bonchev–Trinajstić information content (AvgIpc) is 2.92. The number of aliphatic hydroxyl groups excluding tert-OH is 1. The lowest BCUT2D eigenvalue weighted by Gasteiger charge is -2.36. The fourth-order valence-electron chi connectivity index (χ4n) is 4.84. The summed E-state index contributed by atoms with van der Waals surface area (Å²) in [6, 6.07) is 5.80. The molecule has 0 bridgehead atoms.